The first-order valence-electron chi connectivity index (χ1n) is 11.3. The highest BCUT2D eigenvalue weighted by Crippen LogP contribution is 2.32. The van der Waals surface area contributed by atoms with Crippen molar-refractivity contribution in [2.24, 2.45) is 0 Å². The molecule has 39 heavy (non-hydrogen) atoms. The molecule has 8 nitrogen and oxygen atoms in total. The van der Waals surface area contributed by atoms with Crippen LogP contribution in [0.2, 0.25) is 0 Å². The highest BCUT2D eigenvalue weighted by atomic mass is 19.1. The molecule has 0 saturated carbocycles. The van der Waals surface area contributed by atoms with Gasteiger partial charge >= 0.3 is 0 Å². The number of ether oxygens (including phenoxy) is 3. The average molecular weight is 533 g/mol. The van der Waals surface area contributed by atoms with Gasteiger partial charge in [-0.25, -0.2) is 4.39 Å². The number of aromatic hydroxyl groups is 1. The topological polar surface area (TPSA) is 116 Å². The minimum atomic E-state index is -0.319. The second-order valence-corrected chi connectivity index (χ2v) is 7.54. The molecule has 0 radical (unpaired) electrons. The number of aldehydes is 4. The number of hydrogen-bond acceptors (Lipinski definition) is 8. The lowest BCUT2D eigenvalue weighted by atomic mass is 10.2. The molecule has 0 spiro atoms. The van der Waals surface area contributed by atoms with E-state index in [2.05, 4.69) is 0 Å². The van der Waals surface area contributed by atoms with Gasteiger partial charge in [-0.05, 0) is 84.9 Å². The van der Waals surface area contributed by atoms with Crippen LogP contribution in [0.25, 0.3) is 0 Å². The third-order valence-corrected chi connectivity index (χ3v) is 4.91. The average Bonchev–Trinajstić information content (AvgIpc) is 2.99. The van der Waals surface area contributed by atoms with E-state index in [0.717, 1.165) is 12.6 Å². The van der Waals surface area contributed by atoms with Crippen LogP contribution in [0.1, 0.15) is 41.4 Å². The molecule has 0 aliphatic carbocycles. The maximum absolute atomic E-state index is 12.1. The maximum atomic E-state index is 12.1. The van der Waals surface area contributed by atoms with Gasteiger partial charge in [-0.15, -0.1) is 0 Å². The molecule has 200 valence electrons. The van der Waals surface area contributed by atoms with Crippen LogP contribution >= 0.6 is 0 Å². The Balaban J connectivity index is 0.000000226. The highest BCUT2D eigenvalue weighted by molar-refractivity contribution is 5.77. The van der Waals surface area contributed by atoms with Crippen molar-refractivity contribution in [3.8, 4) is 28.7 Å². The maximum Gasteiger partial charge on any atom is 0.169 e. The normalized spacial score (nSPS) is 9.41. The Hall–Kier alpha value is -5.31. The molecule has 0 unspecified atom stereocenters. The molecule has 0 heterocycles. The molecule has 0 aliphatic rings. The van der Waals surface area contributed by atoms with Crippen LogP contribution in [0.15, 0.2) is 84.9 Å². The van der Waals surface area contributed by atoms with E-state index in [1.54, 1.807) is 42.5 Å². The number of hydrogen-bond donors (Lipinski definition) is 1. The standard InChI is InChI=1S/C15H12O4.C8H8O3.C7H5FO/c1-18-15-8-12(10-17)4-7-14(15)19-13-5-2-11(9-16)3-6-13;1-11-8-4-6(5-9)2-3-7(8)10;8-7-3-1-6(5-9)2-4-7/h2-10H,1H3;2-5,10H,1H3;1-5H. The molecule has 0 aliphatic heterocycles. The third-order valence-electron chi connectivity index (χ3n) is 4.91. The lowest BCUT2D eigenvalue weighted by Crippen LogP contribution is -1.92. The van der Waals surface area contributed by atoms with Crippen molar-refractivity contribution >= 4 is 25.1 Å². The molecule has 0 aromatic heterocycles. The molecule has 4 aromatic carbocycles. The summed E-state index contributed by atoms with van der Waals surface area (Å²) in [5, 5.41) is 9.09. The van der Waals surface area contributed by atoms with Crippen molar-refractivity contribution in [1.29, 1.82) is 0 Å². The summed E-state index contributed by atoms with van der Waals surface area (Å²) in [4.78, 5) is 41.5. The van der Waals surface area contributed by atoms with E-state index in [1.807, 2.05) is 0 Å². The Bertz CT molecular complexity index is 1380. The summed E-state index contributed by atoms with van der Waals surface area (Å²) in [6, 6.07) is 21.4. The Morgan fingerprint density at radius 1 is 0.564 bits per heavy atom. The van der Waals surface area contributed by atoms with E-state index >= 15 is 0 Å². The summed E-state index contributed by atoms with van der Waals surface area (Å²) in [5.74, 6) is 1.60. The van der Waals surface area contributed by atoms with Crippen molar-refractivity contribution in [2.45, 2.75) is 0 Å². The van der Waals surface area contributed by atoms with E-state index in [0.29, 0.717) is 57.8 Å². The van der Waals surface area contributed by atoms with Crippen molar-refractivity contribution in [2.75, 3.05) is 14.2 Å². The molecule has 0 amide bonds. The van der Waals surface area contributed by atoms with Crippen LogP contribution in [-0.2, 0) is 0 Å². The van der Waals surface area contributed by atoms with Crippen LogP contribution in [0.5, 0.6) is 28.7 Å². The first kappa shape index (κ1) is 29.9. The van der Waals surface area contributed by atoms with Crippen LogP contribution in [-0.4, -0.2) is 44.5 Å². The largest absolute Gasteiger partial charge is 0.504 e. The van der Waals surface area contributed by atoms with E-state index in [4.69, 9.17) is 19.3 Å². The van der Waals surface area contributed by atoms with Gasteiger partial charge in [0, 0.05) is 22.3 Å². The predicted molar refractivity (Wildman–Crippen MR) is 142 cm³/mol. The van der Waals surface area contributed by atoms with Crippen molar-refractivity contribution in [3.63, 3.8) is 0 Å². The summed E-state index contributed by atoms with van der Waals surface area (Å²) >= 11 is 0. The van der Waals surface area contributed by atoms with Crippen LogP contribution < -0.4 is 14.2 Å². The fourth-order valence-electron chi connectivity index (χ4n) is 2.89. The van der Waals surface area contributed by atoms with E-state index in [1.165, 1.54) is 56.7 Å². The van der Waals surface area contributed by atoms with Gasteiger partial charge < -0.3 is 19.3 Å². The quantitative estimate of drug-likeness (QED) is 0.276. The molecule has 9 heteroatoms. The van der Waals surface area contributed by atoms with Gasteiger partial charge in [0.15, 0.2) is 23.0 Å². The number of rotatable bonds is 8. The van der Waals surface area contributed by atoms with Gasteiger partial charge in [-0.1, -0.05) is 0 Å². The minimum Gasteiger partial charge on any atom is -0.504 e. The Morgan fingerprint density at radius 3 is 1.49 bits per heavy atom. The Kier molecular flexibility index (Phi) is 12.1. The summed E-state index contributed by atoms with van der Waals surface area (Å²) in [6.45, 7) is 0. The summed E-state index contributed by atoms with van der Waals surface area (Å²) in [5.41, 5.74) is 2.08. The molecule has 0 fully saturated rings. The van der Waals surface area contributed by atoms with Crippen LogP contribution in [0.4, 0.5) is 4.39 Å². The van der Waals surface area contributed by atoms with Crippen LogP contribution in [0.3, 0.4) is 0 Å². The van der Waals surface area contributed by atoms with Gasteiger partial charge in [0.2, 0.25) is 0 Å². The number of phenols is 1. The Labute approximate surface area is 224 Å². The molecule has 0 saturated heterocycles. The van der Waals surface area contributed by atoms with Crippen molar-refractivity contribution in [1.82, 2.24) is 0 Å². The van der Waals surface area contributed by atoms with E-state index in [9.17, 15) is 23.6 Å². The van der Waals surface area contributed by atoms with Gasteiger partial charge in [-0.2, -0.15) is 0 Å². The number of carbonyl (C=O) groups is 4. The molecule has 4 rings (SSSR count). The Morgan fingerprint density at radius 2 is 1.00 bits per heavy atom. The molecular formula is C30H25FO8. The smallest absolute Gasteiger partial charge is 0.169 e. The number of halogens is 1. The van der Waals surface area contributed by atoms with Gasteiger partial charge in [0.1, 0.15) is 36.7 Å². The predicted octanol–water partition coefficient (Wildman–Crippen LogP) is 5.96. The summed E-state index contributed by atoms with van der Waals surface area (Å²) in [6.07, 6.45) is 2.88. The minimum absolute atomic E-state index is 0.0399. The molecular weight excluding hydrogens is 507 g/mol. The first-order valence-corrected chi connectivity index (χ1v) is 11.3. The monoisotopic (exact) mass is 532 g/mol. The lowest BCUT2D eigenvalue weighted by molar-refractivity contribution is 0.111. The summed E-state index contributed by atoms with van der Waals surface area (Å²) in [7, 11) is 2.94. The van der Waals surface area contributed by atoms with E-state index in [-0.39, 0.29) is 11.6 Å². The second kappa shape index (κ2) is 15.7. The van der Waals surface area contributed by atoms with E-state index < -0.39 is 0 Å². The number of benzene rings is 4. The molecule has 0 bridgehead atoms. The summed E-state index contributed by atoms with van der Waals surface area (Å²) < 4.78 is 27.7. The zero-order valence-corrected chi connectivity index (χ0v) is 21.1. The van der Waals surface area contributed by atoms with Crippen molar-refractivity contribution in [3.05, 3.63) is 113 Å². The SMILES string of the molecule is COc1cc(C=O)ccc1O.COc1cc(C=O)ccc1Oc1ccc(C=O)cc1.O=Cc1ccc(F)cc1. The lowest BCUT2D eigenvalue weighted by Gasteiger charge is -2.10. The fourth-order valence-corrected chi connectivity index (χ4v) is 2.89. The number of carbonyl (C=O) groups excluding carboxylic acids is 4. The zero-order chi connectivity index (χ0) is 28.6. The van der Waals surface area contributed by atoms with Gasteiger partial charge in [0.25, 0.3) is 0 Å². The zero-order valence-electron chi connectivity index (χ0n) is 21.1. The van der Waals surface area contributed by atoms with Crippen molar-refractivity contribution < 1.29 is 42.9 Å². The number of methoxy groups -OCH3 is 2. The molecule has 4 aromatic rings. The second-order valence-electron chi connectivity index (χ2n) is 7.54. The number of phenolic OH excluding ortho intramolecular Hbond substituents is 1. The fraction of sp³-hybridized carbons (Fsp3) is 0.0667. The third kappa shape index (κ3) is 9.58. The highest BCUT2D eigenvalue weighted by Gasteiger charge is 2.07. The van der Waals surface area contributed by atoms with Gasteiger partial charge in [-0.3, -0.25) is 19.2 Å². The molecule has 0 atom stereocenters. The molecule has 1 N–H and O–H groups in total. The van der Waals surface area contributed by atoms with Crippen LogP contribution in [0, 0.1) is 5.82 Å². The van der Waals surface area contributed by atoms with Gasteiger partial charge in [0.05, 0.1) is 14.2 Å². The first-order chi connectivity index (χ1) is 18.9.